The van der Waals surface area contributed by atoms with Crippen molar-refractivity contribution in [3.63, 3.8) is 0 Å². The third-order valence-electron chi connectivity index (χ3n) is 3.44. The van der Waals surface area contributed by atoms with Crippen molar-refractivity contribution >= 4 is 17.8 Å². The van der Waals surface area contributed by atoms with Crippen LogP contribution in [0.1, 0.15) is 37.0 Å². The zero-order valence-corrected chi connectivity index (χ0v) is 14.1. The Morgan fingerprint density at radius 2 is 1.88 bits per heavy atom. The van der Waals surface area contributed by atoms with Crippen LogP contribution in [0.4, 0.5) is 4.39 Å². The Kier molecular flexibility index (Phi) is 7.88. The molecule has 0 aliphatic rings. The van der Waals surface area contributed by atoms with Crippen molar-refractivity contribution in [2.45, 2.75) is 32.7 Å². The molecule has 0 fully saturated rings. The number of hydrogen-bond donors (Lipinski definition) is 2. The van der Waals surface area contributed by atoms with Gasteiger partial charge >= 0.3 is 5.97 Å². The molecule has 0 radical (unpaired) electrons. The van der Waals surface area contributed by atoms with Gasteiger partial charge in [0.15, 0.2) is 0 Å². The fraction of sp³-hybridized carbons (Fsp3) is 0.471. The van der Waals surface area contributed by atoms with Crippen molar-refractivity contribution in [3.8, 4) is 0 Å². The van der Waals surface area contributed by atoms with Crippen LogP contribution in [-0.2, 0) is 14.3 Å². The van der Waals surface area contributed by atoms with Crippen molar-refractivity contribution in [1.29, 1.82) is 0 Å². The molecule has 7 heteroatoms. The van der Waals surface area contributed by atoms with Crippen molar-refractivity contribution in [2.24, 2.45) is 5.92 Å². The van der Waals surface area contributed by atoms with Crippen LogP contribution in [0.3, 0.4) is 0 Å². The first-order valence-corrected chi connectivity index (χ1v) is 7.76. The van der Waals surface area contributed by atoms with E-state index in [-0.39, 0.29) is 36.3 Å². The highest BCUT2D eigenvalue weighted by Crippen LogP contribution is 2.09. The summed E-state index contributed by atoms with van der Waals surface area (Å²) in [6, 6.07) is 4.79. The first-order chi connectivity index (χ1) is 11.4. The molecular weight excluding hydrogens is 315 g/mol. The zero-order chi connectivity index (χ0) is 18.1. The van der Waals surface area contributed by atoms with Crippen molar-refractivity contribution < 1.29 is 23.5 Å². The van der Waals surface area contributed by atoms with E-state index in [4.69, 9.17) is 0 Å². The second-order valence-corrected chi connectivity index (χ2v) is 5.65. The van der Waals surface area contributed by atoms with Crippen LogP contribution in [0.15, 0.2) is 24.3 Å². The minimum atomic E-state index is -0.796. The molecule has 0 aliphatic carbocycles. The minimum Gasteiger partial charge on any atom is -0.469 e. The largest absolute Gasteiger partial charge is 0.469 e. The highest BCUT2D eigenvalue weighted by atomic mass is 19.1. The van der Waals surface area contributed by atoms with Crippen molar-refractivity contribution in [3.05, 3.63) is 35.6 Å². The summed E-state index contributed by atoms with van der Waals surface area (Å²) in [4.78, 5) is 35.4. The summed E-state index contributed by atoms with van der Waals surface area (Å²) in [5.74, 6) is -2.19. The molecule has 0 bridgehead atoms. The summed E-state index contributed by atoms with van der Waals surface area (Å²) in [5.41, 5.74) is -0.110. The van der Waals surface area contributed by atoms with Gasteiger partial charge in [-0.2, -0.15) is 0 Å². The molecule has 0 saturated heterocycles. The molecule has 1 aromatic rings. The summed E-state index contributed by atoms with van der Waals surface area (Å²) in [6.45, 7) is 3.84. The highest BCUT2D eigenvalue weighted by Gasteiger charge is 2.25. The van der Waals surface area contributed by atoms with E-state index in [9.17, 15) is 18.8 Å². The van der Waals surface area contributed by atoms with Gasteiger partial charge in [0.25, 0.3) is 5.91 Å². The Balaban J connectivity index is 2.60. The summed E-state index contributed by atoms with van der Waals surface area (Å²) < 4.78 is 18.2. The normalized spacial score (nSPS) is 11.7. The molecule has 2 N–H and O–H groups in total. The average molecular weight is 338 g/mol. The lowest BCUT2D eigenvalue weighted by Crippen LogP contribution is -2.50. The second kappa shape index (κ2) is 9.64. The molecule has 0 aliphatic heterocycles. The Morgan fingerprint density at radius 1 is 1.21 bits per heavy atom. The standard InChI is InChI=1S/C17H23FN2O4/c1-11(2)15(17(23)19-10-6-9-14(21)24-3)20-16(22)12-7-4-5-8-13(12)18/h4-5,7-8,11,15H,6,9-10H2,1-3H3,(H,19,23)(H,20,22)/t15-/m1/s1. The second-order valence-electron chi connectivity index (χ2n) is 5.65. The third kappa shape index (κ3) is 5.98. The molecule has 2 amide bonds. The quantitative estimate of drug-likeness (QED) is 0.558. The number of carbonyl (C=O) groups excluding carboxylic acids is 3. The Morgan fingerprint density at radius 3 is 2.46 bits per heavy atom. The van der Waals surface area contributed by atoms with Crippen LogP contribution in [0, 0.1) is 11.7 Å². The summed E-state index contributed by atoms with van der Waals surface area (Å²) in [5, 5.41) is 5.21. The smallest absolute Gasteiger partial charge is 0.305 e. The predicted octanol–water partition coefficient (Wildman–Crippen LogP) is 1.65. The number of carbonyl (C=O) groups is 3. The van der Waals surface area contributed by atoms with E-state index in [1.165, 1.54) is 25.3 Å². The van der Waals surface area contributed by atoms with E-state index < -0.39 is 17.8 Å². The summed E-state index contributed by atoms with van der Waals surface area (Å²) in [6.07, 6.45) is 0.634. The third-order valence-corrected chi connectivity index (χ3v) is 3.44. The maximum absolute atomic E-state index is 13.6. The van der Waals surface area contributed by atoms with Gasteiger partial charge in [-0.25, -0.2) is 4.39 Å². The number of benzene rings is 1. The molecular formula is C17H23FN2O4. The van der Waals surface area contributed by atoms with Gasteiger partial charge in [0.1, 0.15) is 11.9 Å². The molecule has 0 saturated carbocycles. The van der Waals surface area contributed by atoms with Crippen LogP contribution in [0.2, 0.25) is 0 Å². The van der Waals surface area contributed by atoms with Crippen molar-refractivity contribution in [2.75, 3.05) is 13.7 Å². The van der Waals surface area contributed by atoms with Gasteiger partial charge in [-0.15, -0.1) is 0 Å². The lowest BCUT2D eigenvalue weighted by molar-refractivity contribution is -0.140. The zero-order valence-electron chi connectivity index (χ0n) is 14.1. The Hall–Kier alpha value is -2.44. The first kappa shape index (κ1) is 19.6. The van der Waals surface area contributed by atoms with E-state index >= 15 is 0 Å². The fourth-order valence-corrected chi connectivity index (χ4v) is 2.06. The van der Waals surface area contributed by atoms with Gasteiger partial charge in [-0.05, 0) is 24.5 Å². The van der Waals surface area contributed by atoms with Gasteiger partial charge in [-0.3, -0.25) is 14.4 Å². The van der Waals surface area contributed by atoms with Gasteiger partial charge in [0.05, 0.1) is 12.7 Å². The lowest BCUT2D eigenvalue weighted by Gasteiger charge is -2.21. The Bertz CT molecular complexity index is 590. The van der Waals surface area contributed by atoms with E-state index in [0.717, 1.165) is 0 Å². The van der Waals surface area contributed by atoms with E-state index in [1.807, 2.05) is 0 Å². The number of rotatable bonds is 8. The average Bonchev–Trinajstić information content (AvgIpc) is 2.55. The van der Waals surface area contributed by atoms with Gasteiger partial charge in [0.2, 0.25) is 5.91 Å². The van der Waals surface area contributed by atoms with E-state index in [0.29, 0.717) is 6.42 Å². The first-order valence-electron chi connectivity index (χ1n) is 7.76. The SMILES string of the molecule is COC(=O)CCCNC(=O)[C@H](NC(=O)c1ccccc1F)C(C)C. The van der Waals surface area contributed by atoms with E-state index in [1.54, 1.807) is 19.9 Å². The fourth-order valence-electron chi connectivity index (χ4n) is 2.06. The number of methoxy groups -OCH3 is 1. The minimum absolute atomic E-state index is 0.110. The summed E-state index contributed by atoms with van der Waals surface area (Å²) in [7, 11) is 1.30. The molecule has 1 rings (SSSR count). The number of halogens is 1. The molecule has 0 unspecified atom stereocenters. The highest BCUT2D eigenvalue weighted by molar-refractivity contribution is 5.97. The number of esters is 1. The predicted molar refractivity (Wildman–Crippen MR) is 86.8 cm³/mol. The van der Waals surface area contributed by atoms with E-state index in [2.05, 4.69) is 15.4 Å². The van der Waals surface area contributed by atoms with Crippen LogP contribution < -0.4 is 10.6 Å². The lowest BCUT2D eigenvalue weighted by atomic mass is 10.0. The molecule has 132 valence electrons. The topological polar surface area (TPSA) is 84.5 Å². The number of nitrogens with one attached hydrogen (secondary N) is 2. The number of amides is 2. The maximum Gasteiger partial charge on any atom is 0.305 e. The Labute approximate surface area is 140 Å². The molecule has 0 spiro atoms. The van der Waals surface area contributed by atoms with Crippen LogP contribution in [0.25, 0.3) is 0 Å². The van der Waals surface area contributed by atoms with Crippen LogP contribution in [0.5, 0.6) is 0 Å². The molecule has 6 nitrogen and oxygen atoms in total. The van der Waals surface area contributed by atoms with Crippen LogP contribution >= 0.6 is 0 Å². The maximum atomic E-state index is 13.6. The van der Waals surface area contributed by atoms with Crippen molar-refractivity contribution in [1.82, 2.24) is 10.6 Å². The number of ether oxygens (including phenoxy) is 1. The van der Waals surface area contributed by atoms with Gasteiger partial charge in [-0.1, -0.05) is 26.0 Å². The molecule has 0 aromatic heterocycles. The molecule has 24 heavy (non-hydrogen) atoms. The van der Waals surface area contributed by atoms with Gasteiger partial charge in [0, 0.05) is 13.0 Å². The summed E-state index contributed by atoms with van der Waals surface area (Å²) >= 11 is 0. The van der Waals surface area contributed by atoms with Crippen LogP contribution in [-0.4, -0.2) is 37.5 Å². The molecule has 1 atom stereocenters. The molecule has 0 heterocycles. The monoisotopic (exact) mass is 338 g/mol. The number of hydrogen-bond acceptors (Lipinski definition) is 4. The molecule has 1 aromatic carbocycles. The van der Waals surface area contributed by atoms with Gasteiger partial charge < -0.3 is 15.4 Å².